The number of carbonyl (C=O) groups is 2. The molecule has 24 heavy (non-hydrogen) atoms. The molecular formula is C16H21F3O5. The van der Waals surface area contributed by atoms with Crippen molar-refractivity contribution in [2.45, 2.75) is 45.4 Å². The highest BCUT2D eigenvalue weighted by molar-refractivity contribution is 5.82. The number of aliphatic hydroxyl groups is 1. The summed E-state index contributed by atoms with van der Waals surface area (Å²) < 4.78 is 51.2. The number of rotatable bonds is 4. The monoisotopic (exact) mass is 350 g/mol. The van der Waals surface area contributed by atoms with E-state index in [0.29, 0.717) is 6.42 Å². The Balaban J connectivity index is 1.81. The van der Waals surface area contributed by atoms with Crippen molar-refractivity contribution in [3.8, 4) is 0 Å². The largest absolute Gasteiger partial charge is 0.465 e. The Kier molecular flexibility index (Phi) is 3.90. The number of hydrogen-bond acceptors (Lipinski definition) is 5. The number of fused-ring (bicyclic) bond motifs is 5. The summed E-state index contributed by atoms with van der Waals surface area (Å²) in [6.07, 6.45) is -4.75. The van der Waals surface area contributed by atoms with Crippen molar-refractivity contribution in [2.24, 2.45) is 28.6 Å². The maximum absolute atomic E-state index is 13.7. The van der Waals surface area contributed by atoms with Crippen LogP contribution < -0.4 is 0 Å². The summed E-state index contributed by atoms with van der Waals surface area (Å²) in [5, 5.41) is 9.38. The summed E-state index contributed by atoms with van der Waals surface area (Å²) in [6.45, 7) is 2.63. The van der Waals surface area contributed by atoms with E-state index in [2.05, 4.69) is 0 Å². The molecular weight excluding hydrogens is 329 g/mol. The summed E-state index contributed by atoms with van der Waals surface area (Å²) in [5.74, 6) is -4.24. The van der Waals surface area contributed by atoms with Crippen molar-refractivity contribution in [3.05, 3.63) is 0 Å². The third kappa shape index (κ3) is 2.04. The normalized spacial score (nSPS) is 40.2. The van der Waals surface area contributed by atoms with Crippen LogP contribution in [0.15, 0.2) is 0 Å². The van der Waals surface area contributed by atoms with Gasteiger partial charge in [0.25, 0.3) is 0 Å². The maximum Gasteiger partial charge on any atom is 0.405 e. The molecule has 1 aliphatic heterocycles. The fourth-order valence-electron chi connectivity index (χ4n) is 4.62. The molecule has 3 fully saturated rings. The average Bonchev–Trinajstić information content (AvgIpc) is 3.16. The number of esters is 2. The fourth-order valence-corrected chi connectivity index (χ4v) is 4.62. The minimum absolute atomic E-state index is 0.00669. The molecule has 5 nitrogen and oxygen atoms in total. The first-order valence-electron chi connectivity index (χ1n) is 8.17. The molecule has 0 radical (unpaired) electrons. The molecule has 0 spiro atoms. The van der Waals surface area contributed by atoms with E-state index in [4.69, 9.17) is 9.47 Å². The van der Waals surface area contributed by atoms with Crippen LogP contribution in [0.25, 0.3) is 0 Å². The Morgan fingerprint density at radius 2 is 2.08 bits per heavy atom. The Labute approximate surface area is 137 Å². The molecule has 6 atom stereocenters. The Morgan fingerprint density at radius 3 is 2.62 bits per heavy atom. The highest BCUT2D eigenvalue weighted by Gasteiger charge is 2.80. The van der Waals surface area contributed by atoms with E-state index in [-0.39, 0.29) is 26.1 Å². The van der Waals surface area contributed by atoms with Crippen LogP contribution in [0.2, 0.25) is 0 Å². The second kappa shape index (κ2) is 5.34. The molecule has 1 N–H and O–H groups in total. The molecule has 0 amide bonds. The second-order valence-electron chi connectivity index (χ2n) is 7.42. The molecule has 0 aromatic rings. The van der Waals surface area contributed by atoms with Gasteiger partial charge in [0.2, 0.25) is 0 Å². The average molecular weight is 350 g/mol. The van der Waals surface area contributed by atoms with Crippen molar-refractivity contribution < 1.29 is 37.3 Å². The number of cyclic esters (lactones) is 1. The van der Waals surface area contributed by atoms with Gasteiger partial charge in [-0.25, -0.2) is 0 Å². The number of ether oxygens (including phenoxy) is 2. The summed E-state index contributed by atoms with van der Waals surface area (Å²) in [5.41, 5.74) is -3.50. The summed E-state index contributed by atoms with van der Waals surface area (Å²) >= 11 is 0. The van der Waals surface area contributed by atoms with Crippen LogP contribution in [-0.4, -0.2) is 42.5 Å². The van der Waals surface area contributed by atoms with Crippen molar-refractivity contribution in [3.63, 3.8) is 0 Å². The Morgan fingerprint density at radius 1 is 1.42 bits per heavy atom. The zero-order valence-corrected chi connectivity index (χ0v) is 13.6. The topological polar surface area (TPSA) is 72.8 Å². The third-order valence-electron chi connectivity index (χ3n) is 6.38. The molecule has 0 aromatic carbocycles. The summed E-state index contributed by atoms with van der Waals surface area (Å²) in [7, 11) is 0. The highest BCUT2D eigenvalue weighted by atomic mass is 19.4. The molecule has 3 rings (SSSR count). The van der Waals surface area contributed by atoms with Gasteiger partial charge in [0, 0.05) is 11.8 Å². The van der Waals surface area contributed by atoms with Crippen LogP contribution in [0.1, 0.15) is 33.1 Å². The minimum Gasteiger partial charge on any atom is -0.465 e. The Bertz CT molecular complexity index is 556. The van der Waals surface area contributed by atoms with E-state index in [9.17, 15) is 27.9 Å². The molecule has 2 bridgehead atoms. The zero-order valence-electron chi connectivity index (χ0n) is 13.6. The lowest BCUT2D eigenvalue weighted by molar-refractivity contribution is -0.248. The van der Waals surface area contributed by atoms with Crippen LogP contribution in [0, 0.1) is 28.6 Å². The molecule has 0 aromatic heterocycles. The predicted octanol–water partition coefficient (Wildman–Crippen LogP) is 2.07. The van der Waals surface area contributed by atoms with Gasteiger partial charge in [0.15, 0.2) is 5.41 Å². The van der Waals surface area contributed by atoms with E-state index in [1.165, 1.54) is 0 Å². The molecule has 1 saturated heterocycles. The first-order chi connectivity index (χ1) is 11.1. The van der Waals surface area contributed by atoms with E-state index in [1.54, 1.807) is 13.8 Å². The Hall–Kier alpha value is -1.31. The van der Waals surface area contributed by atoms with Gasteiger partial charge in [0.05, 0.1) is 18.6 Å². The van der Waals surface area contributed by atoms with E-state index >= 15 is 0 Å². The summed E-state index contributed by atoms with van der Waals surface area (Å²) in [6, 6.07) is 0. The number of aliphatic hydroxyl groups excluding tert-OH is 1. The standard InChI is InChI=1S/C16H21F3O5/c1-3-14(2,7-20)12(21)24-11-5-8-4-9(11)10-6-23-13(22)15(8,10)16(17,18)19/h8-11,20H,3-7H2,1-2H3. The van der Waals surface area contributed by atoms with Gasteiger partial charge in [-0.3, -0.25) is 9.59 Å². The van der Waals surface area contributed by atoms with Gasteiger partial charge in [0.1, 0.15) is 6.10 Å². The smallest absolute Gasteiger partial charge is 0.405 e. The van der Waals surface area contributed by atoms with Gasteiger partial charge in [-0.05, 0) is 32.1 Å². The number of hydrogen-bond donors (Lipinski definition) is 1. The second-order valence-corrected chi connectivity index (χ2v) is 7.42. The molecule has 2 saturated carbocycles. The number of carbonyl (C=O) groups excluding carboxylic acids is 2. The maximum atomic E-state index is 13.7. The van der Waals surface area contributed by atoms with Crippen molar-refractivity contribution >= 4 is 11.9 Å². The van der Waals surface area contributed by atoms with Crippen LogP contribution in [-0.2, 0) is 19.1 Å². The molecule has 8 heteroatoms. The van der Waals surface area contributed by atoms with Crippen LogP contribution in [0.4, 0.5) is 13.2 Å². The van der Waals surface area contributed by atoms with Crippen molar-refractivity contribution in [1.29, 1.82) is 0 Å². The first kappa shape index (κ1) is 17.5. The number of halogens is 3. The third-order valence-corrected chi connectivity index (χ3v) is 6.38. The van der Waals surface area contributed by atoms with Gasteiger partial charge in [-0.1, -0.05) is 6.92 Å². The number of alkyl halides is 3. The summed E-state index contributed by atoms with van der Waals surface area (Å²) in [4.78, 5) is 24.2. The lowest BCUT2D eigenvalue weighted by atomic mass is 9.66. The predicted molar refractivity (Wildman–Crippen MR) is 74.5 cm³/mol. The van der Waals surface area contributed by atoms with Gasteiger partial charge in [-0.2, -0.15) is 13.2 Å². The lowest BCUT2D eigenvalue weighted by Gasteiger charge is -2.39. The lowest BCUT2D eigenvalue weighted by Crippen LogP contribution is -2.53. The molecule has 136 valence electrons. The van der Waals surface area contributed by atoms with E-state index in [0.717, 1.165) is 0 Å². The molecule has 2 aliphatic carbocycles. The minimum atomic E-state index is -4.66. The van der Waals surface area contributed by atoms with Gasteiger partial charge >= 0.3 is 18.1 Å². The van der Waals surface area contributed by atoms with Crippen LogP contribution in [0.5, 0.6) is 0 Å². The van der Waals surface area contributed by atoms with Crippen LogP contribution >= 0.6 is 0 Å². The van der Waals surface area contributed by atoms with E-state index in [1.807, 2.05) is 0 Å². The molecule has 6 unspecified atom stereocenters. The SMILES string of the molecule is CCC(C)(CO)C(=O)OC1CC2CC1C1COC(=O)C21C(F)(F)F. The van der Waals surface area contributed by atoms with Gasteiger partial charge in [-0.15, -0.1) is 0 Å². The van der Waals surface area contributed by atoms with E-state index < -0.39 is 52.8 Å². The van der Waals surface area contributed by atoms with Gasteiger partial charge < -0.3 is 14.6 Å². The first-order valence-corrected chi connectivity index (χ1v) is 8.17. The highest BCUT2D eigenvalue weighted by Crippen LogP contribution is 2.68. The van der Waals surface area contributed by atoms with Crippen molar-refractivity contribution in [2.75, 3.05) is 13.2 Å². The van der Waals surface area contributed by atoms with Crippen molar-refractivity contribution in [1.82, 2.24) is 0 Å². The quantitative estimate of drug-likeness (QED) is 0.786. The van der Waals surface area contributed by atoms with Crippen LogP contribution in [0.3, 0.4) is 0 Å². The fraction of sp³-hybridized carbons (Fsp3) is 0.875. The molecule has 3 aliphatic rings. The zero-order chi connectivity index (χ0) is 17.9. The molecule has 1 heterocycles.